The lowest BCUT2D eigenvalue weighted by molar-refractivity contribution is -0.295. The Morgan fingerprint density at radius 1 is 1.11 bits per heavy atom. The molecule has 0 aromatic heterocycles. The predicted molar refractivity (Wildman–Crippen MR) is 55.1 cm³/mol. The van der Waals surface area contributed by atoms with Gasteiger partial charge in [0.1, 0.15) is 18.3 Å². The lowest BCUT2D eigenvalue weighted by atomic mass is 9.99. The number of carbonyl (C=O) groups is 2. The second-order valence-electron chi connectivity index (χ2n) is 3.89. The Bertz CT molecular complexity index is 317. The zero-order chi connectivity index (χ0) is 13.9. The van der Waals surface area contributed by atoms with E-state index in [0.717, 1.165) is 13.8 Å². The van der Waals surface area contributed by atoms with Crippen molar-refractivity contribution in [2.45, 2.75) is 44.6 Å². The highest BCUT2D eigenvalue weighted by atomic mass is 16.7. The van der Waals surface area contributed by atoms with Gasteiger partial charge in [-0.25, -0.2) is 0 Å². The van der Waals surface area contributed by atoms with E-state index in [1.54, 1.807) is 0 Å². The van der Waals surface area contributed by atoms with Gasteiger partial charge in [-0.3, -0.25) is 9.59 Å². The third-order valence-electron chi connectivity index (χ3n) is 2.41. The summed E-state index contributed by atoms with van der Waals surface area (Å²) in [4.78, 5) is 21.8. The summed E-state index contributed by atoms with van der Waals surface area (Å²) in [6.07, 6.45) is -6.82. The molecule has 0 aliphatic carbocycles. The number of esters is 2. The summed E-state index contributed by atoms with van der Waals surface area (Å²) >= 11 is 0. The maximum atomic E-state index is 10.9. The van der Waals surface area contributed by atoms with Crippen LogP contribution in [0.5, 0.6) is 0 Å². The van der Waals surface area contributed by atoms with E-state index in [1.807, 2.05) is 0 Å². The molecule has 104 valence electrons. The minimum absolute atomic E-state index is 0.581. The van der Waals surface area contributed by atoms with Crippen molar-refractivity contribution in [2.75, 3.05) is 6.61 Å². The number of hydrogen-bond donors (Lipinski definition) is 3. The Hall–Kier alpha value is -1.22. The largest absolute Gasteiger partial charge is 0.453 e. The molecule has 0 bridgehead atoms. The summed E-state index contributed by atoms with van der Waals surface area (Å²) in [5, 5.41) is 28.3. The van der Waals surface area contributed by atoms with Gasteiger partial charge in [-0.05, 0) is 0 Å². The molecule has 1 fully saturated rings. The molecular formula is C10H16O8. The monoisotopic (exact) mass is 264 g/mol. The Kier molecular flexibility index (Phi) is 5.03. The van der Waals surface area contributed by atoms with Crippen molar-refractivity contribution >= 4 is 11.9 Å². The molecule has 4 unspecified atom stereocenters. The van der Waals surface area contributed by atoms with Crippen molar-refractivity contribution in [1.82, 2.24) is 0 Å². The SMILES string of the molecule is CC(=O)OC1OC(CO)[C@@H](O)C(O)C1OC(C)=O. The quantitative estimate of drug-likeness (QED) is 0.496. The average Bonchev–Trinajstić information content (AvgIpc) is 2.27. The molecule has 8 heteroatoms. The van der Waals surface area contributed by atoms with Gasteiger partial charge >= 0.3 is 11.9 Å². The normalized spacial score (nSPS) is 35.9. The van der Waals surface area contributed by atoms with Crippen LogP contribution in [-0.2, 0) is 23.8 Å². The molecule has 18 heavy (non-hydrogen) atoms. The summed E-state index contributed by atoms with van der Waals surface area (Å²) in [7, 11) is 0. The zero-order valence-corrected chi connectivity index (χ0v) is 9.98. The molecule has 1 aliphatic rings. The first-order valence-electron chi connectivity index (χ1n) is 5.33. The molecule has 0 saturated carbocycles. The number of rotatable bonds is 3. The van der Waals surface area contributed by atoms with Gasteiger partial charge in [0.15, 0.2) is 6.10 Å². The van der Waals surface area contributed by atoms with Crippen LogP contribution in [0.15, 0.2) is 0 Å². The van der Waals surface area contributed by atoms with Gasteiger partial charge in [0, 0.05) is 13.8 Å². The van der Waals surface area contributed by atoms with E-state index in [-0.39, 0.29) is 0 Å². The fraction of sp³-hybridized carbons (Fsp3) is 0.800. The minimum Gasteiger partial charge on any atom is -0.453 e. The number of hydrogen-bond acceptors (Lipinski definition) is 8. The summed E-state index contributed by atoms with van der Waals surface area (Å²) in [5.41, 5.74) is 0. The van der Waals surface area contributed by atoms with Gasteiger partial charge in [0.05, 0.1) is 6.61 Å². The fourth-order valence-corrected chi connectivity index (χ4v) is 1.63. The number of aliphatic hydroxyl groups is 3. The summed E-state index contributed by atoms with van der Waals surface area (Å²) in [5.74, 6) is -1.44. The highest BCUT2D eigenvalue weighted by Gasteiger charge is 2.47. The van der Waals surface area contributed by atoms with Crippen molar-refractivity contribution in [2.24, 2.45) is 0 Å². The van der Waals surface area contributed by atoms with Crippen molar-refractivity contribution in [3.63, 3.8) is 0 Å². The van der Waals surface area contributed by atoms with Crippen LogP contribution in [0.1, 0.15) is 13.8 Å². The van der Waals surface area contributed by atoms with E-state index < -0.39 is 49.3 Å². The van der Waals surface area contributed by atoms with Gasteiger partial charge in [-0.1, -0.05) is 0 Å². The first-order valence-corrected chi connectivity index (χ1v) is 5.33. The molecule has 0 amide bonds. The van der Waals surface area contributed by atoms with Gasteiger partial charge < -0.3 is 29.5 Å². The van der Waals surface area contributed by atoms with Crippen LogP contribution in [0.2, 0.25) is 0 Å². The third kappa shape index (κ3) is 3.39. The summed E-state index contributed by atoms with van der Waals surface area (Å²) in [6.45, 7) is 1.63. The molecule has 1 rings (SSSR count). The molecule has 3 N–H and O–H groups in total. The average molecular weight is 264 g/mol. The molecule has 0 aromatic carbocycles. The molecule has 1 heterocycles. The van der Waals surface area contributed by atoms with Gasteiger partial charge in [-0.2, -0.15) is 0 Å². The third-order valence-corrected chi connectivity index (χ3v) is 2.41. The Morgan fingerprint density at radius 3 is 2.11 bits per heavy atom. The van der Waals surface area contributed by atoms with E-state index >= 15 is 0 Å². The van der Waals surface area contributed by atoms with Crippen molar-refractivity contribution in [1.29, 1.82) is 0 Å². The lowest BCUT2D eigenvalue weighted by Gasteiger charge is -2.40. The highest BCUT2D eigenvalue weighted by Crippen LogP contribution is 2.24. The van der Waals surface area contributed by atoms with Crippen LogP contribution < -0.4 is 0 Å². The van der Waals surface area contributed by atoms with Crippen LogP contribution in [0.25, 0.3) is 0 Å². The van der Waals surface area contributed by atoms with E-state index in [1.165, 1.54) is 0 Å². The molecule has 5 atom stereocenters. The molecular weight excluding hydrogens is 248 g/mol. The Balaban J connectivity index is 2.86. The minimum atomic E-state index is -1.52. The molecule has 0 aromatic rings. The number of carbonyl (C=O) groups excluding carboxylic acids is 2. The van der Waals surface area contributed by atoms with Crippen molar-refractivity contribution in [3.8, 4) is 0 Å². The van der Waals surface area contributed by atoms with E-state index in [2.05, 4.69) is 0 Å². The first kappa shape index (κ1) is 14.8. The molecule has 0 radical (unpaired) electrons. The Morgan fingerprint density at radius 2 is 1.67 bits per heavy atom. The van der Waals surface area contributed by atoms with E-state index in [0.29, 0.717) is 0 Å². The van der Waals surface area contributed by atoms with Crippen molar-refractivity contribution < 1.29 is 39.1 Å². The molecule has 1 saturated heterocycles. The van der Waals surface area contributed by atoms with E-state index in [4.69, 9.17) is 19.3 Å². The Labute approximate surface area is 103 Å². The summed E-state index contributed by atoms with van der Waals surface area (Å²) < 4.78 is 14.5. The van der Waals surface area contributed by atoms with Crippen molar-refractivity contribution in [3.05, 3.63) is 0 Å². The molecule has 0 spiro atoms. The van der Waals surface area contributed by atoms with Crippen LogP contribution in [0, 0.1) is 0 Å². The zero-order valence-electron chi connectivity index (χ0n) is 9.98. The molecule has 1 aliphatic heterocycles. The first-order chi connectivity index (χ1) is 8.36. The lowest BCUT2D eigenvalue weighted by Crippen LogP contribution is -2.60. The van der Waals surface area contributed by atoms with Crippen LogP contribution in [-0.4, -0.2) is 64.6 Å². The highest BCUT2D eigenvalue weighted by molar-refractivity contribution is 5.67. The standard InChI is InChI=1S/C10H16O8/c1-4(12)16-9-8(15)7(14)6(3-11)18-10(9)17-5(2)13/h6-11,14-15H,3H2,1-2H3/t6?,7-,8?,9?,10?/m1/s1. The second-order valence-corrected chi connectivity index (χ2v) is 3.89. The van der Waals surface area contributed by atoms with Gasteiger partial charge in [0.2, 0.25) is 6.29 Å². The predicted octanol–water partition coefficient (Wildman–Crippen LogP) is -2.08. The number of ether oxygens (including phenoxy) is 3. The van der Waals surface area contributed by atoms with E-state index in [9.17, 15) is 19.8 Å². The summed E-state index contributed by atoms with van der Waals surface area (Å²) in [6, 6.07) is 0. The van der Waals surface area contributed by atoms with Crippen LogP contribution in [0.4, 0.5) is 0 Å². The maximum absolute atomic E-state index is 10.9. The van der Waals surface area contributed by atoms with Crippen LogP contribution >= 0.6 is 0 Å². The fourth-order valence-electron chi connectivity index (χ4n) is 1.63. The van der Waals surface area contributed by atoms with Gasteiger partial charge in [-0.15, -0.1) is 0 Å². The number of aliphatic hydroxyl groups excluding tert-OH is 3. The topological polar surface area (TPSA) is 123 Å². The van der Waals surface area contributed by atoms with Crippen LogP contribution in [0.3, 0.4) is 0 Å². The maximum Gasteiger partial charge on any atom is 0.305 e. The van der Waals surface area contributed by atoms with Gasteiger partial charge in [0.25, 0.3) is 0 Å². The smallest absolute Gasteiger partial charge is 0.305 e. The second kappa shape index (κ2) is 6.10. The molecule has 8 nitrogen and oxygen atoms in total.